The molecule has 0 radical (unpaired) electrons. The molecule has 4 rings (SSSR count). The summed E-state index contributed by atoms with van der Waals surface area (Å²) < 4.78 is 10.7. The first kappa shape index (κ1) is 18.4. The van der Waals surface area contributed by atoms with Crippen LogP contribution in [-0.4, -0.2) is 35.0 Å². The molecule has 3 aromatic rings. The van der Waals surface area contributed by atoms with Gasteiger partial charge in [-0.1, -0.05) is 41.6 Å². The average Bonchev–Trinajstić information content (AvgIpc) is 3.44. The fraction of sp³-hybridized carbons (Fsp3) is 0.286. The predicted octanol–water partition coefficient (Wildman–Crippen LogP) is 4.00. The molecule has 1 saturated heterocycles. The maximum absolute atomic E-state index is 12.5. The van der Waals surface area contributed by atoms with Crippen LogP contribution < -0.4 is 0 Å². The molecule has 0 aliphatic carbocycles. The monoisotopic (exact) mass is 396 g/mol. The lowest BCUT2D eigenvalue weighted by Crippen LogP contribution is -2.42. The zero-order chi connectivity index (χ0) is 19.3. The highest BCUT2D eigenvalue weighted by Gasteiger charge is 2.30. The van der Waals surface area contributed by atoms with Gasteiger partial charge in [-0.3, -0.25) is 9.59 Å². The molecular weight excluding hydrogens is 376 g/mol. The van der Waals surface area contributed by atoms with Crippen LogP contribution in [0.1, 0.15) is 28.3 Å². The van der Waals surface area contributed by atoms with Crippen molar-refractivity contribution in [1.82, 2.24) is 10.1 Å². The standard InChI is InChI=1S/C21H20N2O4S/c24-20(19-9-5-11-28-19)23-10-4-8-16(13-23)21(25)26-14-17-12-18(22-27-17)15-6-2-1-3-7-15/h1-3,5-7,9,11-12,16H,4,8,10,13-14H2. The van der Waals surface area contributed by atoms with E-state index in [1.165, 1.54) is 11.3 Å². The van der Waals surface area contributed by atoms with Crippen LogP contribution in [0.3, 0.4) is 0 Å². The Morgan fingerprint density at radius 1 is 1.21 bits per heavy atom. The fourth-order valence-corrected chi connectivity index (χ4v) is 3.99. The summed E-state index contributed by atoms with van der Waals surface area (Å²) in [6, 6.07) is 15.1. The minimum Gasteiger partial charge on any atom is -0.457 e. The number of likely N-dealkylation sites (tertiary alicyclic amines) is 1. The van der Waals surface area contributed by atoms with E-state index >= 15 is 0 Å². The maximum atomic E-state index is 12.5. The van der Waals surface area contributed by atoms with E-state index in [4.69, 9.17) is 9.26 Å². The van der Waals surface area contributed by atoms with Crippen LogP contribution in [0.2, 0.25) is 0 Å². The van der Waals surface area contributed by atoms with Crippen molar-refractivity contribution in [3.05, 3.63) is 64.5 Å². The van der Waals surface area contributed by atoms with Crippen LogP contribution in [0.25, 0.3) is 11.3 Å². The van der Waals surface area contributed by atoms with Crippen molar-refractivity contribution in [2.24, 2.45) is 5.92 Å². The van der Waals surface area contributed by atoms with Gasteiger partial charge in [-0.15, -0.1) is 11.3 Å². The van der Waals surface area contributed by atoms with Crippen molar-refractivity contribution in [3.8, 4) is 11.3 Å². The topological polar surface area (TPSA) is 72.6 Å². The zero-order valence-electron chi connectivity index (χ0n) is 15.2. The van der Waals surface area contributed by atoms with E-state index in [2.05, 4.69) is 5.16 Å². The third-order valence-electron chi connectivity index (χ3n) is 4.76. The molecule has 3 heterocycles. The third-order valence-corrected chi connectivity index (χ3v) is 5.62. The van der Waals surface area contributed by atoms with E-state index < -0.39 is 0 Å². The normalized spacial score (nSPS) is 16.7. The number of hydrogen-bond donors (Lipinski definition) is 0. The lowest BCUT2D eigenvalue weighted by molar-refractivity contribution is -0.152. The lowest BCUT2D eigenvalue weighted by atomic mass is 9.98. The number of rotatable bonds is 5. The predicted molar refractivity (Wildman–Crippen MR) is 105 cm³/mol. The second kappa shape index (κ2) is 8.39. The highest BCUT2D eigenvalue weighted by Crippen LogP contribution is 2.23. The molecule has 2 aromatic heterocycles. The summed E-state index contributed by atoms with van der Waals surface area (Å²) in [6.45, 7) is 1.10. The van der Waals surface area contributed by atoms with Gasteiger partial charge in [-0.2, -0.15) is 0 Å². The molecule has 0 spiro atoms. The Balaban J connectivity index is 1.32. The molecule has 0 saturated carbocycles. The number of ether oxygens (including phenoxy) is 1. The van der Waals surface area contributed by atoms with Gasteiger partial charge in [0.25, 0.3) is 5.91 Å². The summed E-state index contributed by atoms with van der Waals surface area (Å²) in [5.74, 6) is -0.139. The van der Waals surface area contributed by atoms with Gasteiger partial charge in [0.1, 0.15) is 5.69 Å². The number of thiophene rings is 1. The van der Waals surface area contributed by atoms with Gasteiger partial charge in [0.15, 0.2) is 12.4 Å². The van der Waals surface area contributed by atoms with Gasteiger partial charge in [0, 0.05) is 24.7 Å². The van der Waals surface area contributed by atoms with Gasteiger partial charge in [-0.05, 0) is 24.3 Å². The number of benzene rings is 1. The molecule has 1 aromatic carbocycles. The molecular formula is C21H20N2O4S. The van der Waals surface area contributed by atoms with E-state index in [0.29, 0.717) is 29.4 Å². The smallest absolute Gasteiger partial charge is 0.311 e. The Morgan fingerprint density at radius 2 is 2.07 bits per heavy atom. The number of aromatic nitrogens is 1. The lowest BCUT2D eigenvalue weighted by Gasteiger charge is -2.31. The summed E-state index contributed by atoms with van der Waals surface area (Å²) >= 11 is 1.42. The van der Waals surface area contributed by atoms with Crippen molar-refractivity contribution < 1.29 is 18.8 Å². The van der Waals surface area contributed by atoms with Gasteiger partial charge in [0.05, 0.1) is 10.8 Å². The molecule has 28 heavy (non-hydrogen) atoms. The largest absolute Gasteiger partial charge is 0.457 e. The van der Waals surface area contributed by atoms with Crippen molar-refractivity contribution in [2.45, 2.75) is 19.4 Å². The number of carbonyl (C=O) groups is 2. The molecule has 1 aliphatic rings. The fourth-order valence-electron chi connectivity index (χ4n) is 3.30. The van der Waals surface area contributed by atoms with Crippen LogP contribution in [-0.2, 0) is 16.1 Å². The van der Waals surface area contributed by atoms with Crippen molar-refractivity contribution in [3.63, 3.8) is 0 Å². The molecule has 1 amide bonds. The molecule has 0 N–H and O–H groups in total. The van der Waals surface area contributed by atoms with Crippen LogP contribution in [0.15, 0.2) is 58.4 Å². The number of nitrogens with zero attached hydrogens (tertiary/aromatic N) is 2. The summed E-state index contributed by atoms with van der Waals surface area (Å²) in [5.41, 5.74) is 1.65. The third kappa shape index (κ3) is 4.14. The highest BCUT2D eigenvalue weighted by molar-refractivity contribution is 7.12. The van der Waals surface area contributed by atoms with E-state index in [1.807, 2.05) is 47.8 Å². The molecule has 1 atom stereocenters. The molecule has 1 unspecified atom stereocenters. The molecule has 1 fully saturated rings. The maximum Gasteiger partial charge on any atom is 0.311 e. The summed E-state index contributed by atoms with van der Waals surface area (Å²) in [6.07, 6.45) is 1.51. The van der Waals surface area contributed by atoms with Crippen molar-refractivity contribution in [2.75, 3.05) is 13.1 Å². The van der Waals surface area contributed by atoms with Gasteiger partial charge in [-0.25, -0.2) is 0 Å². The SMILES string of the molecule is O=C(OCc1cc(-c2ccccc2)no1)C1CCCN(C(=O)c2cccs2)C1. The van der Waals surface area contributed by atoms with Gasteiger partial charge >= 0.3 is 5.97 Å². The Morgan fingerprint density at radius 3 is 2.86 bits per heavy atom. The number of piperidine rings is 1. The van der Waals surface area contributed by atoms with Crippen LogP contribution >= 0.6 is 11.3 Å². The Bertz CT molecular complexity index is 936. The quantitative estimate of drug-likeness (QED) is 0.610. The summed E-state index contributed by atoms with van der Waals surface area (Å²) in [4.78, 5) is 27.4. The first-order valence-electron chi connectivity index (χ1n) is 9.21. The first-order valence-corrected chi connectivity index (χ1v) is 10.1. The van der Waals surface area contributed by atoms with Crippen LogP contribution in [0.4, 0.5) is 0 Å². The molecule has 144 valence electrons. The number of hydrogen-bond acceptors (Lipinski definition) is 6. The zero-order valence-corrected chi connectivity index (χ0v) is 16.1. The second-order valence-corrected chi connectivity index (χ2v) is 7.67. The van der Waals surface area contributed by atoms with Gasteiger partial charge in [0.2, 0.25) is 0 Å². The van der Waals surface area contributed by atoms with E-state index in [0.717, 1.165) is 18.4 Å². The number of carbonyl (C=O) groups excluding carboxylic acids is 2. The van der Waals surface area contributed by atoms with Crippen LogP contribution in [0.5, 0.6) is 0 Å². The van der Waals surface area contributed by atoms with Crippen molar-refractivity contribution >= 4 is 23.2 Å². The van der Waals surface area contributed by atoms with E-state index in [9.17, 15) is 9.59 Å². The average molecular weight is 396 g/mol. The minimum absolute atomic E-state index is 0.0183. The summed E-state index contributed by atoms with van der Waals surface area (Å²) in [7, 11) is 0. The highest BCUT2D eigenvalue weighted by atomic mass is 32.1. The molecule has 0 bridgehead atoms. The Labute approximate surface area is 166 Å². The van der Waals surface area contributed by atoms with Gasteiger partial charge < -0.3 is 14.2 Å². The molecule has 7 heteroatoms. The molecule has 6 nitrogen and oxygen atoms in total. The van der Waals surface area contributed by atoms with Crippen LogP contribution in [0, 0.1) is 5.92 Å². The number of amides is 1. The Kier molecular flexibility index (Phi) is 5.53. The van der Waals surface area contributed by atoms with Crippen molar-refractivity contribution in [1.29, 1.82) is 0 Å². The molecule has 1 aliphatic heterocycles. The Hall–Kier alpha value is -2.93. The number of esters is 1. The first-order chi connectivity index (χ1) is 13.7. The van der Waals surface area contributed by atoms with E-state index in [-0.39, 0.29) is 24.4 Å². The summed E-state index contributed by atoms with van der Waals surface area (Å²) in [5, 5.41) is 5.90. The van der Waals surface area contributed by atoms with E-state index in [1.54, 1.807) is 11.0 Å². The second-order valence-electron chi connectivity index (χ2n) is 6.72. The minimum atomic E-state index is -0.311.